The third-order valence-electron chi connectivity index (χ3n) is 1.99. The van der Waals surface area contributed by atoms with Crippen LogP contribution >= 0.6 is 31.9 Å². The lowest BCUT2D eigenvalue weighted by Crippen LogP contribution is -1.95. The molecular formula is C11H7Br2FN2O. The van der Waals surface area contributed by atoms with Crippen LogP contribution in [0.1, 0.15) is 0 Å². The fourth-order valence-corrected chi connectivity index (χ4v) is 1.98. The van der Waals surface area contributed by atoms with Crippen LogP contribution in [0.2, 0.25) is 0 Å². The molecule has 0 atom stereocenters. The van der Waals surface area contributed by atoms with Gasteiger partial charge in [-0.15, -0.1) is 0 Å². The first-order chi connectivity index (χ1) is 8.08. The molecule has 0 bridgehead atoms. The number of nitrogen functional groups attached to an aromatic ring is 1. The molecule has 17 heavy (non-hydrogen) atoms. The summed E-state index contributed by atoms with van der Waals surface area (Å²) < 4.78 is 20.2. The maximum atomic E-state index is 13.5. The van der Waals surface area contributed by atoms with Gasteiger partial charge in [0.2, 0.25) is 0 Å². The van der Waals surface area contributed by atoms with Gasteiger partial charge in [0.1, 0.15) is 0 Å². The summed E-state index contributed by atoms with van der Waals surface area (Å²) in [5, 5.41) is 0. The SMILES string of the molecule is Nc1cncc(Br)c1Oc1cc(Br)ccc1F. The monoisotopic (exact) mass is 360 g/mol. The van der Waals surface area contributed by atoms with Crippen molar-refractivity contribution in [2.45, 2.75) is 0 Å². The predicted molar refractivity (Wildman–Crippen MR) is 70.5 cm³/mol. The molecule has 0 saturated heterocycles. The third-order valence-corrected chi connectivity index (χ3v) is 3.04. The Morgan fingerprint density at radius 2 is 2.00 bits per heavy atom. The molecule has 2 rings (SSSR count). The molecule has 1 aromatic carbocycles. The smallest absolute Gasteiger partial charge is 0.167 e. The van der Waals surface area contributed by atoms with Crippen LogP contribution in [0.5, 0.6) is 11.5 Å². The summed E-state index contributed by atoms with van der Waals surface area (Å²) in [5.41, 5.74) is 6.04. The van der Waals surface area contributed by atoms with E-state index in [-0.39, 0.29) is 5.75 Å². The lowest BCUT2D eigenvalue weighted by Gasteiger charge is -2.10. The zero-order chi connectivity index (χ0) is 12.4. The van der Waals surface area contributed by atoms with Crippen molar-refractivity contribution in [1.82, 2.24) is 4.98 Å². The molecule has 3 nitrogen and oxygen atoms in total. The Balaban J connectivity index is 2.41. The third kappa shape index (κ3) is 2.76. The van der Waals surface area contributed by atoms with Gasteiger partial charge in [-0.1, -0.05) is 15.9 Å². The van der Waals surface area contributed by atoms with E-state index >= 15 is 0 Å². The molecule has 1 heterocycles. The molecule has 0 aliphatic carbocycles. The second-order valence-corrected chi connectivity index (χ2v) is 4.99. The lowest BCUT2D eigenvalue weighted by atomic mass is 10.3. The molecule has 88 valence electrons. The van der Waals surface area contributed by atoms with Crippen LogP contribution < -0.4 is 10.5 Å². The molecule has 6 heteroatoms. The molecule has 0 saturated carbocycles. The molecule has 0 spiro atoms. The number of nitrogens with zero attached hydrogens (tertiary/aromatic N) is 1. The van der Waals surface area contributed by atoms with E-state index in [1.807, 2.05) is 0 Å². The number of anilines is 1. The molecule has 2 aromatic rings. The van der Waals surface area contributed by atoms with Gasteiger partial charge in [-0.25, -0.2) is 4.39 Å². The van der Waals surface area contributed by atoms with Crippen LogP contribution in [0.15, 0.2) is 39.5 Å². The molecule has 1 aromatic heterocycles. The van der Waals surface area contributed by atoms with Gasteiger partial charge in [0.05, 0.1) is 16.4 Å². The first-order valence-electron chi connectivity index (χ1n) is 4.60. The number of nitrogens with two attached hydrogens (primary N) is 1. The second kappa shape index (κ2) is 5.01. The Hall–Kier alpha value is -1.14. The molecule has 0 unspecified atom stereocenters. The van der Waals surface area contributed by atoms with Gasteiger partial charge in [0.25, 0.3) is 0 Å². The maximum Gasteiger partial charge on any atom is 0.167 e. The maximum absolute atomic E-state index is 13.5. The Bertz CT molecular complexity index is 543. The number of hydrogen-bond acceptors (Lipinski definition) is 3. The summed E-state index contributed by atoms with van der Waals surface area (Å²) in [6.07, 6.45) is 2.97. The van der Waals surface area contributed by atoms with Crippen LogP contribution in [0.4, 0.5) is 10.1 Å². The molecule has 0 amide bonds. The minimum Gasteiger partial charge on any atom is -0.451 e. The van der Waals surface area contributed by atoms with Gasteiger partial charge < -0.3 is 10.5 Å². The highest BCUT2D eigenvalue weighted by molar-refractivity contribution is 9.10. The Kier molecular flexibility index (Phi) is 3.63. The quantitative estimate of drug-likeness (QED) is 0.875. The summed E-state index contributed by atoms with van der Waals surface area (Å²) in [6.45, 7) is 0. The van der Waals surface area contributed by atoms with Gasteiger partial charge in [0.15, 0.2) is 17.3 Å². The average molecular weight is 362 g/mol. The summed E-state index contributed by atoms with van der Waals surface area (Å²) in [6, 6.07) is 4.43. The molecule has 0 fully saturated rings. The van der Waals surface area contributed by atoms with E-state index < -0.39 is 5.82 Å². The van der Waals surface area contributed by atoms with E-state index in [2.05, 4.69) is 36.8 Å². The highest BCUT2D eigenvalue weighted by atomic mass is 79.9. The lowest BCUT2D eigenvalue weighted by molar-refractivity contribution is 0.441. The van der Waals surface area contributed by atoms with Crippen molar-refractivity contribution in [3.8, 4) is 11.5 Å². The van der Waals surface area contributed by atoms with Crippen molar-refractivity contribution in [1.29, 1.82) is 0 Å². The number of hydrogen-bond donors (Lipinski definition) is 1. The minimum atomic E-state index is -0.462. The van der Waals surface area contributed by atoms with Crippen molar-refractivity contribution in [2.24, 2.45) is 0 Å². The summed E-state index contributed by atoms with van der Waals surface area (Å²) in [5.74, 6) is -0.0220. The Labute approximate surface area is 114 Å². The summed E-state index contributed by atoms with van der Waals surface area (Å²) >= 11 is 6.49. The van der Waals surface area contributed by atoms with Gasteiger partial charge in [-0.2, -0.15) is 0 Å². The fourth-order valence-electron chi connectivity index (χ4n) is 1.21. The summed E-state index contributed by atoms with van der Waals surface area (Å²) in [7, 11) is 0. The largest absolute Gasteiger partial charge is 0.451 e. The van der Waals surface area contributed by atoms with Crippen LogP contribution in [-0.2, 0) is 0 Å². The summed E-state index contributed by atoms with van der Waals surface area (Å²) in [4.78, 5) is 3.87. The van der Waals surface area contributed by atoms with Crippen LogP contribution in [0, 0.1) is 5.82 Å². The zero-order valence-electron chi connectivity index (χ0n) is 8.45. The van der Waals surface area contributed by atoms with Crippen LogP contribution in [0.3, 0.4) is 0 Å². The fraction of sp³-hybridized carbons (Fsp3) is 0. The normalized spacial score (nSPS) is 10.3. The van der Waals surface area contributed by atoms with Crippen molar-refractivity contribution in [3.63, 3.8) is 0 Å². The average Bonchev–Trinajstić information content (AvgIpc) is 2.28. The van der Waals surface area contributed by atoms with E-state index in [0.29, 0.717) is 15.9 Å². The number of pyridine rings is 1. The van der Waals surface area contributed by atoms with Crippen molar-refractivity contribution in [2.75, 3.05) is 5.73 Å². The molecule has 0 aliphatic rings. The molecule has 0 radical (unpaired) electrons. The standard InChI is InChI=1S/C11H7Br2FN2O/c12-6-1-2-8(14)10(3-6)17-11-7(13)4-16-5-9(11)15/h1-5H,15H2. The van der Waals surface area contributed by atoms with E-state index in [4.69, 9.17) is 10.5 Å². The number of benzene rings is 1. The van der Waals surface area contributed by atoms with E-state index in [1.165, 1.54) is 24.5 Å². The van der Waals surface area contributed by atoms with Crippen LogP contribution in [0.25, 0.3) is 0 Å². The van der Waals surface area contributed by atoms with Crippen molar-refractivity contribution < 1.29 is 9.13 Å². The molecule has 2 N–H and O–H groups in total. The zero-order valence-corrected chi connectivity index (χ0v) is 11.6. The van der Waals surface area contributed by atoms with Crippen LogP contribution in [-0.4, -0.2) is 4.98 Å². The van der Waals surface area contributed by atoms with Gasteiger partial charge >= 0.3 is 0 Å². The van der Waals surface area contributed by atoms with Gasteiger partial charge in [-0.3, -0.25) is 4.98 Å². The predicted octanol–water partition coefficient (Wildman–Crippen LogP) is 4.12. The van der Waals surface area contributed by atoms with E-state index in [0.717, 1.165) is 4.47 Å². The van der Waals surface area contributed by atoms with Crippen molar-refractivity contribution >= 4 is 37.5 Å². The van der Waals surface area contributed by atoms with E-state index in [9.17, 15) is 4.39 Å². The Morgan fingerprint density at radius 1 is 1.24 bits per heavy atom. The Morgan fingerprint density at radius 3 is 2.71 bits per heavy atom. The molecular weight excluding hydrogens is 355 g/mol. The van der Waals surface area contributed by atoms with E-state index in [1.54, 1.807) is 6.07 Å². The number of ether oxygens (including phenoxy) is 1. The first-order valence-corrected chi connectivity index (χ1v) is 6.18. The number of rotatable bonds is 2. The highest BCUT2D eigenvalue weighted by Gasteiger charge is 2.11. The van der Waals surface area contributed by atoms with Gasteiger partial charge in [-0.05, 0) is 34.1 Å². The number of halogens is 3. The second-order valence-electron chi connectivity index (χ2n) is 3.22. The van der Waals surface area contributed by atoms with Gasteiger partial charge in [0, 0.05) is 10.7 Å². The highest BCUT2D eigenvalue weighted by Crippen LogP contribution is 2.35. The number of aromatic nitrogens is 1. The molecule has 0 aliphatic heterocycles. The minimum absolute atomic E-state index is 0.0953. The topological polar surface area (TPSA) is 48.1 Å². The van der Waals surface area contributed by atoms with Crippen molar-refractivity contribution in [3.05, 3.63) is 45.4 Å². The first kappa shape index (κ1) is 12.3.